The molecule has 0 saturated heterocycles. The lowest BCUT2D eigenvalue weighted by Crippen LogP contribution is -2.29. The van der Waals surface area contributed by atoms with Gasteiger partial charge >= 0.3 is 0 Å². The maximum atomic E-state index is 5.94. The highest BCUT2D eigenvalue weighted by molar-refractivity contribution is 9.11. The van der Waals surface area contributed by atoms with Crippen LogP contribution in [0, 0.1) is 0 Å². The molecule has 0 aliphatic rings. The van der Waals surface area contributed by atoms with Gasteiger partial charge < -0.3 is 14.8 Å². The van der Waals surface area contributed by atoms with Crippen molar-refractivity contribution >= 4 is 31.9 Å². The average Bonchev–Trinajstić information content (AvgIpc) is 2.42. The van der Waals surface area contributed by atoms with Gasteiger partial charge in [-0.1, -0.05) is 19.8 Å². The third-order valence-corrected chi connectivity index (χ3v) is 4.16. The van der Waals surface area contributed by atoms with Gasteiger partial charge in [0.15, 0.2) is 0 Å². The summed E-state index contributed by atoms with van der Waals surface area (Å²) in [6, 6.07) is 3.83. The minimum atomic E-state index is 0.119. The van der Waals surface area contributed by atoms with E-state index in [1.165, 1.54) is 19.3 Å². The summed E-state index contributed by atoms with van der Waals surface area (Å²) < 4.78 is 13.0. The summed E-state index contributed by atoms with van der Waals surface area (Å²) in [5.74, 6) is 1.61. The van der Waals surface area contributed by atoms with E-state index in [2.05, 4.69) is 51.0 Å². The molecule has 0 aromatic heterocycles. The van der Waals surface area contributed by atoms with E-state index in [1.54, 1.807) is 7.11 Å². The summed E-state index contributed by atoms with van der Waals surface area (Å²) in [6.45, 7) is 6.18. The van der Waals surface area contributed by atoms with Crippen molar-refractivity contribution in [2.45, 2.75) is 39.2 Å². The second kappa shape index (κ2) is 9.64. The Morgan fingerprint density at radius 2 is 1.80 bits per heavy atom. The van der Waals surface area contributed by atoms with Gasteiger partial charge in [-0.05, 0) is 63.9 Å². The Bertz CT molecular complexity index is 413. The lowest BCUT2D eigenvalue weighted by atomic mass is 10.2. The molecule has 1 aromatic carbocycles. The molecule has 114 valence electrons. The maximum absolute atomic E-state index is 5.94. The van der Waals surface area contributed by atoms with Crippen molar-refractivity contribution in [1.82, 2.24) is 5.32 Å². The van der Waals surface area contributed by atoms with Crippen LogP contribution in [0.2, 0.25) is 0 Å². The Hall–Kier alpha value is -0.260. The fraction of sp³-hybridized carbons (Fsp3) is 0.600. The number of ether oxygens (including phenoxy) is 2. The molecule has 0 bridgehead atoms. The standard InChI is InChI=1S/C15H23Br2NO2/c1-4-5-6-7-18-10-11(2)20-15-9-12(16)14(19-3)8-13(15)17/h8-9,11,18H,4-7,10H2,1-3H3. The molecule has 20 heavy (non-hydrogen) atoms. The SMILES string of the molecule is CCCCCNCC(C)Oc1cc(Br)c(OC)cc1Br. The van der Waals surface area contributed by atoms with Crippen molar-refractivity contribution in [1.29, 1.82) is 0 Å². The molecule has 0 amide bonds. The van der Waals surface area contributed by atoms with Crippen molar-refractivity contribution in [3.8, 4) is 11.5 Å². The van der Waals surface area contributed by atoms with Gasteiger partial charge in [-0.2, -0.15) is 0 Å². The Labute approximate surface area is 138 Å². The van der Waals surface area contributed by atoms with E-state index < -0.39 is 0 Å². The number of nitrogens with one attached hydrogen (secondary N) is 1. The van der Waals surface area contributed by atoms with Crippen LogP contribution < -0.4 is 14.8 Å². The molecule has 0 radical (unpaired) electrons. The minimum Gasteiger partial charge on any atom is -0.496 e. The van der Waals surface area contributed by atoms with Crippen LogP contribution in [0.3, 0.4) is 0 Å². The highest BCUT2D eigenvalue weighted by Gasteiger charge is 2.11. The molecule has 1 unspecified atom stereocenters. The lowest BCUT2D eigenvalue weighted by molar-refractivity contribution is 0.215. The van der Waals surface area contributed by atoms with Gasteiger partial charge in [0, 0.05) is 6.54 Å². The average molecular weight is 409 g/mol. The zero-order chi connectivity index (χ0) is 15.0. The van der Waals surface area contributed by atoms with E-state index in [-0.39, 0.29) is 6.10 Å². The number of benzene rings is 1. The molecular weight excluding hydrogens is 386 g/mol. The van der Waals surface area contributed by atoms with E-state index in [9.17, 15) is 0 Å². The third-order valence-electron chi connectivity index (χ3n) is 2.92. The molecular formula is C15H23Br2NO2. The predicted molar refractivity (Wildman–Crippen MR) is 90.9 cm³/mol. The number of methoxy groups -OCH3 is 1. The molecule has 1 rings (SSSR count). The molecule has 1 atom stereocenters. The van der Waals surface area contributed by atoms with Gasteiger partial charge in [-0.15, -0.1) is 0 Å². The monoisotopic (exact) mass is 407 g/mol. The van der Waals surface area contributed by atoms with Gasteiger partial charge in [0.25, 0.3) is 0 Å². The molecule has 1 aromatic rings. The first-order valence-electron chi connectivity index (χ1n) is 6.98. The molecule has 0 aliphatic carbocycles. The van der Waals surface area contributed by atoms with E-state index in [0.717, 1.165) is 33.5 Å². The second-order valence-corrected chi connectivity index (χ2v) is 6.47. The van der Waals surface area contributed by atoms with Crippen molar-refractivity contribution in [3.63, 3.8) is 0 Å². The molecule has 0 spiro atoms. The number of halogens is 2. The van der Waals surface area contributed by atoms with Crippen LogP contribution in [0.4, 0.5) is 0 Å². The molecule has 0 fully saturated rings. The van der Waals surface area contributed by atoms with Crippen molar-refractivity contribution in [3.05, 3.63) is 21.1 Å². The van der Waals surface area contributed by atoms with Crippen LogP contribution in [0.25, 0.3) is 0 Å². The molecule has 0 saturated carbocycles. The largest absolute Gasteiger partial charge is 0.496 e. The summed E-state index contributed by atoms with van der Waals surface area (Å²) in [7, 11) is 1.65. The highest BCUT2D eigenvalue weighted by atomic mass is 79.9. The summed E-state index contributed by atoms with van der Waals surface area (Å²) in [4.78, 5) is 0. The molecule has 3 nitrogen and oxygen atoms in total. The topological polar surface area (TPSA) is 30.5 Å². The van der Waals surface area contributed by atoms with Gasteiger partial charge in [0.2, 0.25) is 0 Å². The predicted octanol–water partition coefficient (Wildman–Crippen LogP) is 4.77. The Morgan fingerprint density at radius 3 is 2.45 bits per heavy atom. The number of hydrogen-bond donors (Lipinski definition) is 1. The molecule has 0 heterocycles. The lowest BCUT2D eigenvalue weighted by Gasteiger charge is -2.17. The van der Waals surface area contributed by atoms with Gasteiger partial charge in [0.1, 0.15) is 17.6 Å². The van der Waals surface area contributed by atoms with E-state index >= 15 is 0 Å². The van der Waals surface area contributed by atoms with Crippen LogP contribution >= 0.6 is 31.9 Å². The fourth-order valence-electron chi connectivity index (χ4n) is 1.82. The van der Waals surface area contributed by atoms with Crippen molar-refractivity contribution in [2.24, 2.45) is 0 Å². The zero-order valence-electron chi connectivity index (χ0n) is 12.3. The first kappa shape index (κ1) is 17.8. The third kappa shape index (κ3) is 6.02. The minimum absolute atomic E-state index is 0.119. The van der Waals surface area contributed by atoms with Gasteiger partial charge in [-0.3, -0.25) is 0 Å². The highest BCUT2D eigenvalue weighted by Crippen LogP contribution is 2.36. The smallest absolute Gasteiger partial charge is 0.135 e. The quantitative estimate of drug-likeness (QED) is 0.597. The Morgan fingerprint density at radius 1 is 1.15 bits per heavy atom. The summed E-state index contributed by atoms with van der Waals surface area (Å²) in [5.41, 5.74) is 0. The summed E-state index contributed by atoms with van der Waals surface area (Å²) in [5, 5.41) is 3.42. The van der Waals surface area contributed by atoms with E-state index in [1.807, 2.05) is 12.1 Å². The first-order chi connectivity index (χ1) is 9.58. The molecule has 1 N–H and O–H groups in total. The second-order valence-electron chi connectivity index (χ2n) is 4.76. The molecule has 0 aliphatic heterocycles. The van der Waals surface area contributed by atoms with Crippen molar-refractivity contribution in [2.75, 3.05) is 20.2 Å². The van der Waals surface area contributed by atoms with Crippen molar-refractivity contribution < 1.29 is 9.47 Å². The normalized spacial score (nSPS) is 12.2. The van der Waals surface area contributed by atoms with E-state index in [4.69, 9.17) is 9.47 Å². The van der Waals surface area contributed by atoms with Crippen LogP contribution in [-0.4, -0.2) is 26.3 Å². The first-order valence-corrected chi connectivity index (χ1v) is 8.57. The van der Waals surface area contributed by atoms with Crippen LogP contribution in [0.5, 0.6) is 11.5 Å². The van der Waals surface area contributed by atoms with E-state index in [0.29, 0.717) is 0 Å². The number of hydrogen-bond acceptors (Lipinski definition) is 3. The Balaban J connectivity index is 2.45. The maximum Gasteiger partial charge on any atom is 0.135 e. The van der Waals surface area contributed by atoms with Gasteiger partial charge in [0.05, 0.1) is 16.1 Å². The number of rotatable bonds is 9. The van der Waals surface area contributed by atoms with Crippen LogP contribution in [-0.2, 0) is 0 Å². The zero-order valence-corrected chi connectivity index (χ0v) is 15.5. The molecule has 5 heteroatoms. The van der Waals surface area contributed by atoms with Crippen LogP contribution in [0.15, 0.2) is 21.1 Å². The number of unbranched alkanes of at least 4 members (excludes halogenated alkanes) is 2. The summed E-state index contributed by atoms with van der Waals surface area (Å²) >= 11 is 6.98. The fourth-order valence-corrected chi connectivity index (χ4v) is 2.72. The summed E-state index contributed by atoms with van der Waals surface area (Å²) in [6.07, 6.45) is 3.87. The van der Waals surface area contributed by atoms with Gasteiger partial charge in [-0.25, -0.2) is 0 Å². The Kier molecular flexibility index (Phi) is 8.57. The van der Waals surface area contributed by atoms with Crippen LogP contribution in [0.1, 0.15) is 33.1 Å².